The lowest BCUT2D eigenvalue weighted by Crippen LogP contribution is -2.53. The maximum Gasteiger partial charge on any atom is 0.325 e. The minimum absolute atomic E-state index is 0.103. The highest BCUT2D eigenvalue weighted by molar-refractivity contribution is 6.07. The molecule has 2 aromatic carbocycles. The monoisotopic (exact) mass is 364 g/mol. The molecule has 5 nitrogen and oxygen atoms in total. The standard InChI is InChI=1S/C22H24N2O3/c1-16-9-7-8-14-22(16)20(25)24(21(26)23-22)15-17-10-5-6-13-19(17)27-18-11-3-2-4-12-18/h2-6,10-13,16H,7-9,14-15H2,1H3,(H,23,26)/t16-,22-/m1/s1. The Labute approximate surface area is 159 Å². The van der Waals surface area contributed by atoms with Crippen LogP contribution in [0.5, 0.6) is 11.5 Å². The third-order valence-corrected chi connectivity index (χ3v) is 5.77. The summed E-state index contributed by atoms with van der Waals surface area (Å²) < 4.78 is 5.98. The number of rotatable bonds is 4. The first-order chi connectivity index (χ1) is 13.1. The van der Waals surface area contributed by atoms with E-state index in [9.17, 15) is 9.59 Å². The van der Waals surface area contributed by atoms with Gasteiger partial charge in [0, 0.05) is 5.56 Å². The quantitative estimate of drug-likeness (QED) is 0.814. The molecule has 1 saturated heterocycles. The van der Waals surface area contributed by atoms with E-state index in [-0.39, 0.29) is 24.4 Å². The summed E-state index contributed by atoms with van der Waals surface area (Å²) in [7, 11) is 0. The van der Waals surface area contributed by atoms with E-state index in [0.717, 1.165) is 37.0 Å². The average molecular weight is 364 g/mol. The van der Waals surface area contributed by atoms with Crippen molar-refractivity contribution in [2.75, 3.05) is 0 Å². The lowest BCUT2D eigenvalue weighted by Gasteiger charge is -2.36. The van der Waals surface area contributed by atoms with Crippen molar-refractivity contribution >= 4 is 11.9 Å². The first kappa shape index (κ1) is 17.6. The maximum atomic E-state index is 13.2. The SMILES string of the molecule is C[C@@H]1CCCC[C@@]12NC(=O)N(Cc1ccccc1Oc1ccccc1)C2=O. The van der Waals surface area contributed by atoms with Gasteiger partial charge >= 0.3 is 6.03 Å². The molecule has 0 bridgehead atoms. The number of nitrogens with one attached hydrogen (secondary N) is 1. The molecular weight excluding hydrogens is 340 g/mol. The summed E-state index contributed by atoms with van der Waals surface area (Å²) in [6, 6.07) is 16.7. The van der Waals surface area contributed by atoms with Crippen LogP contribution in [0.15, 0.2) is 54.6 Å². The van der Waals surface area contributed by atoms with Crippen LogP contribution in [0, 0.1) is 5.92 Å². The molecule has 1 aliphatic carbocycles. The average Bonchev–Trinajstić information content (AvgIpc) is 2.91. The Hall–Kier alpha value is -2.82. The number of nitrogens with zero attached hydrogens (tertiary/aromatic N) is 1. The van der Waals surface area contributed by atoms with Gasteiger partial charge in [-0.15, -0.1) is 0 Å². The van der Waals surface area contributed by atoms with E-state index >= 15 is 0 Å². The van der Waals surface area contributed by atoms with Crippen LogP contribution in [-0.2, 0) is 11.3 Å². The fraction of sp³-hybridized carbons (Fsp3) is 0.364. The molecule has 0 aromatic heterocycles. The van der Waals surface area contributed by atoms with Crippen LogP contribution in [-0.4, -0.2) is 22.4 Å². The number of urea groups is 1. The van der Waals surface area contributed by atoms with Crippen molar-refractivity contribution in [1.82, 2.24) is 10.2 Å². The van der Waals surface area contributed by atoms with Gasteiger partial charge in [-0.2, -0.15) is 0 Å². The largest absolute Gasteiger partial charge is 0.457 e. The van der Waals surface area contributed by atoms with E-state index in [1.165, 1.54) is 4.90 Å². The number of benzene rings is 2. The smallest absolute Gasteiger partial charge is 0.325 e. The molecule has 1 aliphatic heterocycles. The molecule has 0 radical (unpaired) electrons. The molecule has 0 unspecified atom stereocenters. The first-order valence-electron chi connectivity index (χ1n) is 9.55. The summed E-state index contributed by atoms with van der Waals surface area (Å²) in [6.07, 6.45) is 3.77. The molecule has 27 heavy (non-hydrogen) atoms. The lowest BCUT2D eigenvalue weighted by molar-refractivity contribution is -0.134. The molecule has 1 spiro atoms. The maximum absolute atomic E-state index is 13.2. The predicted molar refractivity (Wildman–Crippen MR) is 102 cm³/mol. The van der Waals surface area contributed by atoms with E-state index in [1.807, 2.05) is 54.6 Å². The molecular formula is C22H24N2O3. The van der Waals surface area contributed by atoms with Crippen molar-refractivity contribution < 1.29 is 14.3 Å². The first-order valence-corrected chi connectivity index (χ1v) is 9.55. The number of imide groups is 1. The number of ether oxygens (including phenoxy) is 1. The number of hydrogen-bond acceptors (Lipinski definition) is 3. The van der Waals surface area contributed by atoms with Gasteiger partial charge in [0.1, 0.15) is 17.0 Å². The highest BCUT2D eigenvalue weighted by Gasteiger charge is 2.54. The Morgan fingerprint density at radius 3 is 2.59 bits per heavy atom. The van der Waals surface area contributed by atoms with Gasteiger partial charge in [0.2, 0.25) is 0 Å². The second-order valence-corrected chi connectivity index (χ2v) is 7.46. The van der Waals surface area contributed by atoms with Gasteiger partial charge in [0.15, 0.2) is 0 Å². The van der Waals surface area contributed by atoms with Crippen LogP contribution in [0.3, 0.4) is 0 Å². The summed E-state index contributed by atoms with van der Waals surface area (Å²) in [5.41, 5.74) is 0.0789. The van der Waals surface area contributed by atoms with Gasteiger partial charge in [-0.1, -0.05) is 56.2 Å². The molecule has 2 atom stereocenters. The Balaban J connectivity index is 1.58. The number of carbonyl (C=O) groups is 2. The predicted octanol–water partition coefficient (Wildman–Crippen LogP) is 4.48. The fourth-order valence-electron chi connectivity index (χ4n) is 4.16. The summed E-state index contributed by atoms with van der Waals surface area (Å²) in [5.74, 6) is 1.43. The summed E-state index contributed by atoms with van der Waals surface area (Å²) >= 11 is 0. The second kappa shape index (κ2) is 7.06. The minimum atomic E-state index is -0.732. The van der Waals surface area contributed by atoms with Gasteiger partial charge in [-0.3, -0.25) is 9.69 Å². The molecule has 2 aliphatic rings. The molecule has 5 heteroatoms. The van der Waals surface area contributed by atoms with Crippen molar-refractivity contribution in [3.8, 4) is 11.5 Å². The van der Waals surface area contributed by atoms with Crippen molar-refractivity contribution in [2.24, 2.45) is 5.92 Å². The fourth-order valence-corrected chi connectivity index (χ4v) is 4.16. The van der Waals surface area contributed by atoms with Crippen LogP contribution < -0.4 is 10.1 Å². The molecule has 3 amide bonds. The Kier molecular flexibility index (Phi) is 4.60. The summed E-state index contributed by atoms with van der Waals surface area (Å²) in [4.78, 5) is 27.2. The molecule has 2 aromatic rings. The molecule has 1 N–H and O–H groups in total. The van der Waals surface area contributed by atoms with Gasteiger partial charge in [-0.05, 0) is 37.0 Å². The Morgan fingerprint density at radius 2 is 1.81 bits per heavy atom. The van der Waals surface area contributed by atoms with Gasteiger partial charge < -0.3 is 10.1 Å². The van der Waals surface area contributed by atoms with E-state index in [2.05, 4.69) is 12.2 Å². The molecule has 140 valence electrons. The van der Waals surface area contributed by atoms with Crippen molar-refractivity contribution in [2.45, 2.75) is 44.7 Å². The zero-order chi connectivity index (χ0) is 18.9. The number of hydrogen-bond donors (Lipinski definition) is 1. The second-order valence-electron chi connectivity index (χ2n) is 7.46. The van der Waals surface area contributed by atoms with Gasteiger partial charge in [0.05, 0.1) is 6.54 Å². The van der Waals surface area contributed by atoms with Crippen LogP contribution >= 0.6 is 0 Å². The van der Waals surface area contributed by atoms with E-state index < -0.39 is 5.54 Å². The van der Waals surface area contributed by atoms with E-state index in [1.54, 1.807) is 0 Å². The highest BCUT2D eigenvalue weighted by Crippen LogP contribution is 2.39. The minimum Gasteiger partial charge on any atom is -0.457 e. The lowest BCUT2D eigenvalue weighted by atomic mass is 9.73. The van der Waals surface area contributed by atoms with E-state index in [4.69, 9.17) is 4.74 Å². The summed E-state index contributed by atoms with van der Waals surface area (Å²) in [6.45, 7) is 2.27. The number of carbonyl (C=O) groups excluding carboxylic acids is 2. The van der Waals surface area contributed by atoms with Crippen LogP contribution in [0.1, 0.15) is 38.2 Å². The third-order valence-electron chi connectivity index (χ3n) is 5.77. The van der Waals surface area contributed by atoms with Gasteiger partial charge in [0.25, 0.3) is 5.91 Å². The number of amides is 3. The zero-order valence-electron chi connectivity index (χ0n) is 15.5. The van der Waals surface area contributed by atoms with Crippen molar-refractivity contribution in [3.05, 3.63) is 60.2 Å². The Bertz CT molecular complexity index is 852. The zero-order valence-corrected chi connectivity index (χ0v) is 15.5. The van der Waals surface area contributed by atoms with Crippen LogP contribution in [0.25, 0.3) is 0 Å². The van der Waals surface area contributed by atoms with Crippen LogP contribution in [0.2, 0.25) is 0 Å². The van der Waals surface area contributed by atoms with Crippen LogP contribution in [0.4, 0.5) is 4.79 Å². The molecule has 2 fully saturated rings. The molecule has 4 rings (SSSR count). The third kappa shape index (κ3) is 3.18. The van der Waals surface area contributed by atoms with Crippen molar-refractivity contribution in [1.29, 1.82) is 0 Å². The molecule has 1 heterocycles. The number of para-hydroxylation sites is 2. The highest BCUT2D eigenvalue weighted by atomic mass is 16.5. The Morgan fingerprint density at radius 1 is 1.07 bits per heavy atom. The normalized spacial score (nSPS) is 24.9. The van der Waals surface area contributed by atoms with Crippen molar-refractivity contribution in [3.63, 3.8) is 0 Å². The topological polar surface area (TPSA) is 58.6 Å². The van der Waals surface area contributed by atoms with Gasteiger partial charge in [-0.25, -0.2) is 4.79 Å². The molecule has 1 saturated carbocycles. The summed E-state index contributed by atoms with van der Waals surface area (Å²) in [5, 5.41) is 3.00. The van der Waals surface area contributed by atoms with E-state index in [0.29, 0.717) is 5.75 Å².